The van der Waals surface area contributed by atoms with E-state index in [2.05, 4.69) is 20.1 Å². The van der Waals surface area contributed by atoms with Crippen LogP contribution in [-0.2, 0) is 0 Å². The SMILES string of the molecule is FC1(F)Oc2ccc(NC3CNC3)cc2O1. The molecule has 2 aliphatic heterocycles. The van der Waals surface area contributed by atoms with Crippen LogP contribution < -0.4 is 20.1 Å². The van der Waals surface area contributed by atoms with E-state index in [4.69, 9.17) is 0 Å². The van der Waals surface area contributed by atoms with Gasteiger partial charge in [-0.25, -0.2) is 0 Å². The summed E-state index contributed by atoms with van der Waals surface area (Å²) in [6, 6.07) is 5.04. The molecule has 1 saturated heterocycles. The van der Waals surface area contributed by atoms with Crippen molar-refractivity contribution in [3.63, 3.8) is 0 Å². The van der Waals surface area contributed by atoms with Crippen molar-refractivity contribution in [1.29, 1.82) is 0 Å². The summed E-state index contributed by atoms with van der Waals surface area (Å²) in [6.07, 6.45) is -3.54. The molecule has 0 aromatic heterocycles. The lowest BCUT2D eigenvalue weighted by atomic mass is 10.1. The summed E-state index contributed by atoms with van der Waals surface area (Å²) in [5.41, 5.74) is 0.756. The van der Waals surface area contributed by atoms with Crippen LogP contribution in [0.2, 0.25) is 0 Å². The highest BCUT2D eigenvalue weighted by atomic mass is 19.3. The van der Waals surface area contributed by atoms with Gasteiger partial charge >= 0.3 is 6.29 Å². The number of halogens is 2. The summed E-state index contributed by atoms with van der Waals surface area (Å²) in [5, 5.41) is 6.30. The first-order chi connectivity index (χ1) is 7.62. The molecule has 0 bridgehead atoms. The molecule has 86 valence electrons. The molecule has 1 aromatic rings. The van der Waals surface area contributed by atoms with Gasteiger partial charge in [0.05, 0.1) is 6.04 Å². The number of ether oxygens (including phenoxy) is 2. The molecular formula is C10H10F2N2O2. The molecule has 1 aromatic carbocycles. The van der Waals surface area contributed by atoms with Crippen LogP contribution in [0.15, 0.2) is 18.2 Å². The Morgan fingerprint density at radius 1 is 1.25 bits per heavy atom. The van der Waals surface area contributed by atoms with E-state index in [1.54, 1.807) is 6.07 Å². The smallest absolute Gasteiger partial charge is 0.395 e. The maximum Gasteiger partial charge on any atom is 0.586 e. The maximum absolute atomic E-state index is 12.7. The number of anilines is 1. The van der Waals surface area contributed by atoms with Crippen LogP contribution in [0.3, 0.4) is 0 Å². The van der Waals surface area contributed by atoms with Gasteiger partial charge in [-0.15, -0.1) is 8.78 Å². The second-order valence-corrected chi connectivity index (χ2v) is 3.83. The van der Waals surface area contributed by atoms with Gasteiger partial charge in [0.1, 0.15) is 0 Å². The van der Waals surface area contributed by atoms with Crippen molar-refractivity contribution in [2.45, 2.75) is 12.3 Å². The minimum absolute atomic E-state index is 0.0716. The van der Waals surface area contributed by atoms with Crippen molar-refractivity contribution < 1.29 is 18.3 Å². The lowest BCUT2D eigenvalue weighted by Gasteiger charge is -2.28. The Hall–Kier alpha value is -1.56. The Morgan fingerprint density at radius 2 is 2.00 bits per heavy atom. The second kappa shape index (κ2) is 3.21. The van der Waals surface area contributed by atoms with E-state index >= 15 is 0 Å². The lowest BCUT2D eigenvalue weighted by molar-refractivity contribution is -0.286. The summed E-state index contributed by atoms with van der Waals surface area (Å²) >= 11 is 0. The van der Waals surface area contributed by atoms with Gasteiger partial charge < -0.3 is 20.1 Å². The summed E-state index contributed by atoms with van der Waals surface area (Å²) < 4.78 is 34.1. The number of benzene rings is 1. The van der Waals surface area contributed by atoms with Crippen molar-refractivity contribution in [3.8, 4) is 11.5 Å². The van der Waals surface area contributed by atoms with Gasteiger partial charge in [-0.1, -0.05) is 0 Å². The second-order valence-electron chi connectivity index (χ2n) is 3.83. The highest BCUT2D eigenvalue weighted by Gasteiger charge is 2.43. The average Bonchev–Trinajstić information content (AvgIpc) is 2.44. The van der Waals surface area contributed by atoms with Gasteiger partial charge in [-0.05, 0) is 12.1 Å². The normalized spacial score (nSPS) is 21.6. The van der Waals surface area contributed by atoms with Gasteiger partial charge in [0, 0.05) is 24.8 Å². The Bertz CT molecular complexity index is 421. The molecule has 2 N–H and O–H groups in total. The van der Waals surface area contributed by atoms with Gasteiger partial charge in [0.25, 0.3) is 0 Å². The zero-order valence-electron chi connectivity index (χ0n) is 8.30. The number of fused-ring (bicyclic) bond motifs is 1. The molecular weight excluding hydrogens is 218 g/mol. The standard InChI is InChI=1S/C10H10F2N2O2/c11-10(12)15-8-2-1-6(3-9(8)16-10)14-7-4-13-5-7/h1-3,7,13-14H,4-5H2. The first kappa shape index (κ1) is 9.65. The van der Waals surface area contributed by atoms with Crippen LogP contribution in [-0.4, -0.2) is 25.4 Å². The van der Waals surface area contributed by atoms with E-state index in [1.165, 1.54) is 12.1 Å². The van der Waals surface area contributed by atoms with E-state index < -0.39 is 6.29 Å². The first-order valence-electron chi connectivity index (χ1n) is 4.99. The van der Waals surface area contributed by atoms with Crippen LogP contribution in [0.25, 0.3) is 0 Å². The molecule has 4 nitrogen and oxygen atoms in total. The summed E-state index contributed by atoms with van der Waals surface area (Å²) in [4.78, 5) is 0. The molecule has 0 aliphatic carbocycles. The van der Waals surface area contributed by atoms with Gasteiger partial charge in [0.2, 0.25) is 0 Å². The molecule has 6 heteroatoms. The molecule has 16 heavy (non-hydrogen) atoms. The van der Waals surface area contributed by atoms with Gasteiger partial charge in [-0.2, -0.15) is 0 Å². The third-order valence-electron chi connectivity index (χ3n) is 2.55. The average molecular weight is 228 g/mol. The van der Waals surface area contributed by atoms with E-state index in [-0.39, 0.29) is 11.5 Å². The zero-order chi connectivity index (χ0) is 11.2. The lowest BCUT2D eigenvalue weighted by Crippen LogP contribution is -2.51. The minimum Gasteiger partial charge on any atom is -0.395 e. The third kappa shape index (κ3) is 1.65. The van der Waals surface area contributed by atoms with Crippen LogP contribution in [0.4, 0.5) is 14.5 Å². The zero-order valence-corrected chi connectivity index (χ0v) is 8.30. The predicted octanol–water partition coefficient (Wildman–Crippen LogP) is 1.39. The number of nitrogens with one attached hydrogen (secondary N) is 2. The minimum atomic E-state index is -3.54. The Labute approximate surface area is 90.5 Å². The largest absolute Gasteiger partial charge is 0.586 e. The summed E-state index contributed by atoms with van der Waals surface area (Å²) in [5.74, 6) is 0.143. The molecule has 0 amide bonds. The number of alkyl halides is 2. The monoisotopic (exact) mass is 228 g/mol. The van der Waals surface area contributed by atoms with Gasteiger partial charge in [-0.3, -0.25) is 0 Å². The van der Waals surface area contributed by atoms with E-state index in [0.717, 1.165) is 18.8 Å². The fourth-order valence-electron chi connectivity index (χ4n) is 1.67. The van der Waals surface area contributed by atoms with Crippen molar-refractivity contribution in [3.05, 3.63) is 18.2 Å². The fraction of sp³-hybridized carbons (Fsp3) is 0.400. The molecule has 1 fully saturated rings. The molecule has 0 saturated carbocycles. The van der Waals surface area contributed by atoms with Crippen LogP contribution >= 0.6 is 0 Å². The Morgan fingerprint density at radius 3 is 2.69 bits per heavy atom. The quantitative estimate of drug-likeness (QED) is 0.802. The maximum atomic E-state index is 12.7. The fourth-order valence-corrected chi connectivity index (χ4v) is 1.67. The van der Waals surface area contributed by atoms with Crippen LogP contribution in [0, 0.1) is 0 Å². The summed E-state index contributed by atoms with van der Waals surface area (Å²) in [7, 11) is 0. The molecule has 0 radical (unpaired) electrons. The first-order valence-corrected chi connectivity index (χ1v) is 4.99. The third-order valence-corrected chi connectivity index (χ3v) is 2.55. The molecule has 3 rings (SSSR count). The van der Waals surface area contributed by atoms with E-state index in [1.807, 2.05) is 0 Å². The number of hydrogen-bond acceptors (Lipinski definition) is 4. The van der Waals surface area contributed by atoms with Crippen molar-refractivity contribution in [2.24, 2.45) is 0 Å². The Kier molecular flexibility index (Phi) is 1.94. The summed E-state index contributed by atoms with van der Waals surface area (Å²) in [6.45, 7) is 1.76. The van der Waals surface area contributed by atoms with Crippen LogP contribution in [0.5, 0.6) is 11.5 Å². The molecule has 2 aliphatic rings. The highest BCUT2D eigenvalue weighted by Crippen LogP contribution is 2.42. The topological polar surface area (TPSA) is 42.5 Å². The highest BCUT2D eigenvalue weighted by molar-refractivity contribution is 5.56. The van der Waals surface area contributed by atoms with Crippen LogP contribution in [0.1, 0.15) is 0 Å². The van der Waals surface area contributed by atoms with Crippen molar-refractivity contribution in [2.75, 3.05) is 18.4 Å². The predicted molar refractivity (Wildman–Crippen MR) is 52.9 cm³/mol. The van der Waals surface area contributed by atoms with Gasteiger partial charge in [0.15, 0.2) is 11.5 Å². The Balaban J connectivity index is 1.78. The number of hydrogen-bond donors (Lipinski definition) is 2. The van der Waals surface area contributed by atoms with E-state index in [9.17, 15) is 8.78 Å². The molecule has 0 atom stereocenters. The van der Waals surface area contributed by atoms with E-state index in [0.29, 0.717) is 6.04 Å². The molecule has 0 unspecified atom stereocenters. The van der Waals surface area contributed by atoms with Crippen molar-refractivity contribution >= 4 is 5.69 Å². The number of rotatable bonds is 2. The molecule has 0 spiro atoms. The van der Waals surface area contributed by atoms with Crippen molar-refractivity contribution in [1.82, 2.24) is 5.32 Å². The molecule has 2 heterocycles.